The van der Waals surface area contributed by atoms with E-state index in [1.54, 1.807) is 0 Å². The molecule has 0 N–H and O–H groups in total. The molecule has 2 nitrogen and oxygen atoms in total. The summed E-state index contributed by atoms with van der Waals surface area (Å²) in [6.07, 6.45) is -19.1. The monoisotopic (exact) mass is 425 g/mol. The van der Waals surface area contributed by atoms with Crippen molar-refractivity contribution in [2.75, 3.05) is 0 Å². The van der Waals surface area contributed by atoms with Gasteiger partial charge in [0.2, 0.25) is 0 Å². The Kier molecular flexibility index (Phi) is 6.00. The molecule has 0 fully saturated rings. The van der Waals surface area contributed by atoms with Crippen LogP contribution in [0.2, 0.25) is 10.0 Å². The van der Waals surface area contributed by atoms with Crippen LogP contribution in [0.5, 0.6) is 5.75 Å². The van der Waals surface area contributed by atoms with Crippen LogP contribution in [0.15, 0.2) is 29.9 Å². The van der Waals surface area contributed by atoms with Crippen molar-refractivity contribution in [1.29, 1.82) is 0 Å². The molecule has 0 saturated heterocycles. The highest BCUT2D eigenvalue weighted by atomic mass is 35.5. The lowest BCUT2D eigenvalue weighted by atomic mass is 10.3. The van der Waals surface area contributed by atoms with Gasteiger partial charge in [0.1, 0.15) is 5.75 Å². The van der Waals surface area contributed by atoms with E-state index in [0.29, 0.717) is 12.1 Å². The SMILES string of the molecule is F/C(=C(\Oc1cc(Cl)cc(Cl)c1)C(F)(F)F)N(C(F)(F)F)C(F)(F)F. The molecule has 14 heteroatoms. The van der Waals surface area contributed by atoms with Crippen LogP contribution >= 0.6 is 23.2 Å². The summed E-state index contributed by atoms with van der Waals surface area (Å²) in [7, 11) is 0. The number of alkyl halides is 9. The van der Waals surface area contributed by atoms with Gasteiger partial charge in [-0.3, -0.25) is 0 Å². The van der Waals surface area contributed by atoms with Gasteiger partial charge in [-0.05, 0) is 18.2 Å². The maximum atomic E-state index is 13.6. The second-order valence-electron chi connectivity index (χ2n) is 4.10. The predicted molar refractivity (Wildman–Crippen MR) is 65.2 cm³/mol. The molecule has 1 aromatic rings. The van der Waals surface area contributed by atoms with E-state index in [2.05, 4.69) is 4.74 Å². The molecule has 1 rings (SSSR count). The van der Waals surface area contributed by atoms with E-state index < -0.39 is 41.1 Å². The normalized spacial score (nSPS) is 14.2. The second kappa shape index (κ2) is 6.98. The zero-order chi connectivity index (χ0) is 19.8. The van der Waals surface area contributed by atoms with Crippen LogP contribution in [0.3, 0.4) is 0 Å². The zero-order valence-corrected chi connectivity index (χ0v) is 12.6. The lowest BCUT2D eigenvalue weighted by Crippen LogP contribution is -2.47. The van der Waals surface area contributed by atoms with Gasteiger partial charge in [-0.25, -0.2) is 0 Å². The maximum absolute atomic E-state index is 13.6. The lowest BCUT2D eigenvalue weighted by molar-refractivity contribution is -0.366. The molecule has 0 unspecified atom stereocenters. The van der Waals surface area contributed by atoms with Gasteiger partial charge in [-0.1, -0.05) is 23.2 Å². The van der Waals surface area contributed by atoms with Gasteiger partial charge in [0.25, 0.3) is 11.7 Å². The Morgan fingerprint density at radius 3 is 1.52 bits per heavy atom. The first-order valence-electron chi connectivity index (χ1n) is 5.58. The Labute approximate surface area is 142 Å². The first kappa shape index (κ1) is 21.5. The van der Waals surface area contributed by atoms with Gasteiger partial charge >= 0.3 is 18.8 Å². The average molecular weight is 426 g/mol. The van der Waals surface area contributed by atoms with E-state index in [0.717, 1.165) is 6.07 Å². The fraction of sp³-hybridized carbons (Fsp3) is 0.273. The predicted octanol–water partition coefficient (Wildman–Crippen LogP) is 6.41. The Hall–Kier alpha value is -1.56. The van der Waals surface area contributed by atoms with Gasteiger partial charge in [0, 0.05) is 10.0 Å². The van der Waals surface area contributed by atoms with Crippen LogP contribution in [0.4, 0.5) is 43.9 Å². The lowest BCUT2D eigenvalue weighted by Gasteiger charge is -2.28. The Morgan fingerprint density at radius 2 is 1.20 bits per heavy atom. The van der Waals surface area contributed by atoms with Crippen LogP contribution < -0.4 is 4.74 Å². The zero-order valence-electron chi connectivity index (χ0n) is 11.1. The third-order valence-electron chi connectivity index (χ3n) is 2.20. The van der Waals surface area contributed by atoms with Crippen LogP contribution in [-0.4, -0.2) is 23.7 Å². The molecule has 0 aliphatic carbocycles. The van der Waals surface area contributed by atoms with Crippen LogP contribution in [0.1, 0.15) is 0 Å². The van der Waals surface area contributed by atoms with Crippen molar-refractivity contribution in [3.8, 4) is 5.75 Å². The Balaban J connectivity index is 3.53. The van der Waals surface area contributed by atoms with E-state index in [1.165, 1.54) is 0 Å². The number of hydrogen-bond donors (Lipinski definition) is 0. The van der Waals surface area contributed by atoms with Crippen molar-refractivity contribution in [3.63, 3.8) is 0 Å². The van der Waals surface area contributed by atoms with Crippen molar-refractivity contribution in [2.45, 2.75) is 18.8 Å². The summed E-state index contributed by atoms with van der Waals surface area (Å²) in [5, 5.41) is -0.735. The largest absolute Gasteiger partial charge is 0.493 e. The van der Waals surface area contributed by atoms with E-state index in [4.69, 9.17) is 23.2 Å². The molecule has 0 aliphatic heterocycles. The Morgan fingerprint density at radius 1 is 0.800 bits per heavy atom. The number of nitrogens with zero attached hydrogens (tertiary/aromatic N) is 1. The fourth-order valence-electron chi connectivity index (χ4n) is 1.39. The fourth-order valence-corrected chi connectivity index (χ4v) is 1.90. The molecule has 0 aromatic heterocycles. The van der Waals surface area contributed by atoms with E-state index in [9.17, 15) is 43.9 Å². The molecule has 0 amide bonds. The summed E-state index contributed by atoms with van der Waals surface area (Å²) in [6.45, 7) is 0. The van der Waals surface area contributed by atoms with Gasteiger partial charge in [0.05, 0.1) is 0 Å². The summed E-state index contributed by atoms with van der Waals surface area (Å²) in [5.74, 6) is -7.99. The van der Waals surface area contributed by atoms with Gasteiger partial charge in [-0.15, -0.1) is 26.3 Å². The molecule has 0 saturated carbocycles. The summed E-state index contributed by atoms with van der Waals surface area (Å²) in [5.41, 5.74) is 0. The molecule has 0 aliphatic rings. The first-order valence-corrected chi connectivity index (χ1v) is 6.33. The van der Waals surface area contributed by atoms with E-state index in [-0.39, 0.29) is 10.0 Å². The molecule has 1 aromatic carbocycles. The molecule has 0 spiro atoms. The minimum absolute atomic E-state index is 0.368. The third kappa shape index (κ3) is 5.73. The standard InChI is InChI=1S/C11H3Cl2F10NO/c12-4-1-5(13)3-6(2-4)25-7(9(15,16)17)8(14)24(10(18,19)20)11(21,22)23/h1-3H/b8-7+. The van der Waals surface area contributed by atoms with Crippen LogP contribution in [0.25, 0.3) is 0 Å². The summed E-state index contributed by atoms with van der Waals surface area (Å²) in [6, 6.07) is 2.11. The number of hydrogen-bond acceptors (Lipinski definition) is 2. The molecule has 0 heterocycles. The Bertz CT molecular complexity index is 630. The number of allylic oxidation sites excluding steroid dienone is 1. The average Bonchev–Trinajstić information content (AvgIpc) is 2.29. The molecule has 142 valence electrons. The maximum Gasteiger partial charge on any atom is 0.493 e. The number of benzene rings is 1. The topological polar surface area (TPSA) is 12.5 Å². The summed E-state index contributed by atoms with van der Waals surface area (Å²) < 4.78 is 130. The molecule has 0 radical (unpaired) electrons. The first-order chi connectivity index (χ1) is 11.0. The van der Waals surface area contributed by atoms with Crippen molar-refractivity contribution < 1.29 is 48.6 Å². The minimum Gasteiger partial charge on any atom is -0.448 e. The molecule has 0 bridgehead atoms. The van der Waals surface area contributed by atoms with Crippen molar-refractivity contribution >= 4 is 23.2 Å². The highest BCUT2D eigenvalue weighted by Gasteiger charge is 2.59. The van der Waals surface area contributed by atoms with Gasteiger partial charge in [-0.2, -0.15) is 22.5 Å². The van der Waals surface area contributed by atoms with Crippen molar-refractivity contribution in [2.24, 2.45) is 0 Å². The number of ether oxygens (including phenoxy) is 1. The van der Waals surface area contributed by atoms with Crippen LogP contribution in [-0.2, 0) is 0 Å². The molecular weight excluding hydrogens is 423 g/mol. The minimum atomic E-state index is -6.55. The van der Waals surface area contributed by atoms with Crippen molar-refractivity contribution in [3.05, 3.63) is 40.0 Å². The van der Waals surface area contributed by atoms with E-state index in [1.807, 2.05) is 0 Å². The van der Waals surface area contributed by atoms with Gasteiger partial charge in [0.15, 0.2) is 0 Å². The quantitative estimate of drug-likeness (QED) is 0.315. The van der Waals surface area contributed by atoms with E-state index >= 15 is 0 Å². The summed E-state index contributed by atoms with van der Waals surface area (Å²) in [4.78, 5) is -2.98. The molecule has 25 heavy (non-hydrogen) atoms. The molecule has 0 atom stereocenters. The smallest absolute Gasteiger partial charge is 0.448 e. The van der Waals surface area contributed by atoms with Gasteiger partial charge < -0.3 is 4.74 Å². The molecular formula is C11H3Cl2F10NO. The van der Waals surface area contributed by atoms with Crippen molar-refractivity contribution in [1.82, 2.24) is 4.90 Å². The summed E-state index contributed by atoms with van der Waals surface area (Å²) >= 11 is 10.8. The third-order valence-corrected chi connectivity index (χ3v) is 2.64. The highest BCUT2D eigenvalue weighted by Crippen LogP contribution is 2.42. The number of halogens is 12. The second-order valence-corrected chi connectivity index (χ2v) is 4.97. The number of rotatable bonds is 3. The van der Waals surface area contributed by atoms with Crippen LogP contribution in [0, 0.1) is 0 Å². The highest BCUT2D eigenvalue weighted by molar-refractivity contribution is 6.34.